The Labute approximate surface area is 96.1 Å². The molecule has 1 aliphatic heterocycles. The van der Waals surface area contributed by atoms with Gasteiger partial charge in [-0.3, -0.25) is 10.1 Å². The van der Waals surface area contributed by atoms with E-state index in [1.165, 1.54) is 17.0 Å². The van der Waals surface area contributed by atoms with Crippen molar-refractivity contribution >= 4 is 11.4 Å². The van der Waals surface area contributed by atoms with Gasteiger partial charge < -0.3 is 15.1 Å². The van der Waals surface area contributed by atoms with Crippen LogP contribution in [0.4, 0.5) is 15.8 Å². The van der Waals surface area contributed by atoms with Gasteiger partial charge in [-0.15, -0.1) is 0 Å². The quantitative estimate of drug-likeness (QED) is 0.574. The number of benzene rings is 1. The van der Waals surface area contributed by atoms with Gasteiger partial charge in [0.05, 0.1) is 28.9 Å². The van der Waals surface area contributed by atoms with Crippen molar-refractivity contribution < 1.29 is 19.5 Å². The van der Waals surface area contributed by atoms with E-state index in [1.807, 2.05) is 0 Å². The molecular weight excluding hydrogens is 231 g/mol. The van der Waals surface area contributed by atoms with Crippen LogP contribution in [0.15, 0.2) is 18.2 Å². The Balaban J connectivity index is 2.26. The van der Waals surface area contributed by atoms with Gasteiger partial charge in [-0.25, -0.2) is 4.39 Å². The van der Waals surface area contributed by atoms with Gasteiger partial charge in [0.1, 0.15) is 0 Å². The third-order valence-corrected chi connectivity index (χ3v) is 2.74. The largest absolute Gasteiger partial charge is 0.389 e. The van der Waals surface area contributed by atoms with E-state index in [1.54, 1.807) is 0 Å². The number of nitro groups is 1. The lowest BCUT2D eigenvalue weighted by Gasteiger charge is -2.17. The van der Waals surface area contributed by atoms with Crippen LogP contribution < -0.4 is 4.90 Å². The van der Waals surface area contributed by atoms with Gasteiger partial charge in [-0.1, -0.05) is 0 Å². The van der Waals surface area contributed by atoms with E-state index in [2.05, 4.69) is 0 Å². The Bertz CT molecular complexity index is 444. The van der Waals surface area contributed by atoms with E-state index in [0.29, 0.717) is 0 Å². The third-order valence-electron chi connectivity index (χ3n) is 2.74. The van der Waals surface area contributed by atoms with E-state index >= 15 is 0 Å². The predicted molar refractivity (Wildman–Crippen MR) is 57.3 cm³/mol. The maximum Gasteiger partial charge on any atom is 0.272 e. The number of hydrogen-bond donors (Lipinski definition) is 2. The summed E-state index contributed by atoms with van der Waals surface area (Å²) in [5.41, 5.74) is -0.183. The Kier molecular flexibility index (Phi) is 2.95. The Morgan fingerprint density at radius 3 is 2.41 bits per heavy atom. The van der Waals surface area contributed by atoms with Crippen LogP contribution in [0, 0.1) is 15.9 Å². The molecule has 1 aromatic carbocycles. The van der Waals surface area contributed by atoms with Crippen LogP contribution in [0.5, 0.6) is 0 Å². The van der Waals surface area contributed by atoms with Crippen LogP contribution in [0.2, 0.25) is 0 Å². The number of rotatable bonds is 2. The summed E-state index contributed by atoms with van der Waals surface area (Å²) in [7, 11) is 0. The second-order valence-corrected chi connectivity index (χ2v) is 3.93. The highest BCUT2D eigenvalue weighted by Gasteiger charge is 2.31. The Morgan fingerprint density at radius 1 is 1.35 bits per heavy atom. The lowest BCUT2D eigenvalue weighted by Crippen LogP contribution is -2.22. The van der Waals surface area contributed by atoms with Crippen molar-refractivity contribution in [3.8, 4) is 0 Å². The molecule has 1 aromatic rings. The summed E-state index contributed by atoms with van der Waals surface area (Å²) >= 11 is 0. The van der Waals surface area contributed by atoms with Gasteiger partial charge in [-0.05, 0) is 6.07 Å². The molecule has 0 unspecified atom stereocenters. The second kappa shape index (κ2) is 4.27. The van der Waals surface area contributed by atoms with Crippen molar-refractivity contribution in [2.24, 2.45) is 0 Å². The Hall–Kier alpha value is -1.73. The minimum absolute atomic E-state index is 0.107. The van der Waals surface area contributed by atoms with Crippen LogP contribution in [0.1, 0.15) is 0 Å². The molecule has 2 atom stereocenters. The lowest BCUT2D eigenvalue weighted by atomic mass is 10.2. The molecule has 0 aliphatic carbocycles. The van der Waals surface area contributed by atoms with E-state index in [0.717, 1.165) is 6.07 Å². The SMILES string of the molecule is O=[N+]([O-])c1ccc(N2C[C@@H](O)[C@@H](O)C2)c(F)c1. The number of halogens is 1. The minimum atomic E-state index is -0.926. The molecule has 6 nitrogen and oxygen atoms in total. The molecule has 7 heteroatoms. The molecule has 1 saturated heterocycles. The number of nitrogens with zero attached hydrogens (tertiary/aromatic N) is 2. The number of aliphatic hydroxyl groups excluding tert-OH is 2. The van der Waals surface area contributed by atoms with E-state index in [4.69, 9.17) is 0 Å². The van der Waals surface area contributed by atoms with Gasteiger partial charge in [0, 0.05) is 19.2 Å². The van der Waals surface area contributed by atoms with Crippen molar-refractivity contribution in [2.45, 2.75) is 12.2 Å². The van der Waals surface area contributed by atoms with E-state index in [9.17, 15) is 24.7 Å². The molecule has 2 N–H and O–H groups in total. The number of anilines is 1. The summed E-state index contributed by atoms with van der Waals surface area (Å²) < 4.78 is 13.6. The van der Waals surface area contributed by atoms with Crippen LogP contribution in [-0.4, -0.2) is 40.4 Å². The number of aliphatic hydroxyl groups is 2. The van der Waals surface area contributed by atoms with Crippen molar-refractivity contribution in [3.63, 3.8) is 0 Å². The summed E-state index contributed by atoms with van der Waals surface area (Å²) in [6.45, 7) is 0.214. The van der Waals surface area contributed by atoms with Gasteiger partial charge in [0.2, 0.25) is 0 Å². The van der Waals surface area contributed by atoms with Crippen LogP contribution >= 0.6 is 0 Å². The molecule has 2 rings (SSSR count). The average molecular weight is 242 g/mol. The molecule has 0 bridgehead atoms. The molecule has 0 radical (unpaired) electrons. The maximum atomic E-state index is 13.6. The summed E-state index contributed by atoms with van der Waals surface area (Å²) in [5.74, 6) is -0.736. The van der Waals surface area contributed by atoms with Crippen molar-refractivity contribution in [1.29, 1.82) is 0 Å². The molecule has 17 heavy (non-hydrogen) atoms. The topological polar surface area (TPSA) is 86.8 Å². The first-order valence-corrected chi connectivity index (χ1v) is 5.04. The molecule has 1 heterocycles. The molecule has 1 aliphatic rings. The highest BCUT2D eigenvalue weighted by atomic mass is 19.1. The molecular formula is C10H11FN2O4. The normalized spacial score (nSPS) is 24.1. The fourth-order valence-electron chi connectivity index (χ4n) is 1.83. The van der Waals surface area contributed by atoms with Crippen molar-refractivity contribution in [1.82, 2.24) is 0 Å². The average Bonchev–Trinajstić information content (AvgIpc) is 2.58. The molecule has 0 saturated carbocycles. The summed E-state index contributed by atoms with van der Waals surface area (Å²) in [6, 6.07) is 3.29. The molecule has 0 aromatic heterocycles. The summed E-state index contributed by atoms with van der Waals surface area (Å²) in [6.07, 6.45) is -1.85. The predicted octanol–water partition coefficient (Wildman–Crippen LogP) is 0.276. The first-order valence-electron chi connectivity index (χ1n) is 5.04. The summed E-state index contributed by atoms with van der Waals surface area (Å²) in [5, 5.41) is 29.1. The van der Waals surface area contributed by atoms with Crippen molar-refractivity contribution in [2.75, 3.05) is 18.0 Å². The number of non-ortho nitro benzene ring substituents is 1. The van der Waals surface area contributed by atoms with E-state index < -0.39 is 22.9 Å². The first kappa shape index (κ1) is 11.7. The standard InChI is InChI=1S/C10H11FN2O4/c11-7-3-6(13(16)17)1-2-8(7)12-4-9(14)10(15)5-12/h1-3,9-10,14-15H,4-5H2/t9-,10+. The Morgan fingerprint density at radius 2 is 1.94 bits per heavy atom. The fraction of sp³-hybridized carbons (Fsp3) is 0.400. The van der Waals surface area contributed by atoms with E-state index in [-0.39, 0.29) is 24.5 Å². The number of β-amino-alcohol motifs (C(OH)–C–C–N with tert-alkyl or cyclic N) is 2. The minimum Gasteiger partial charge on any atom is -0.389 e. The zero-order valence-electron chi connectivity index (χ0n) is 8.78. The molecule has 1 fully saturated rings. The first-order chi connectivity index (χ1) is 7.99. The monoisotopic (exact) mass is 242 g/mol. The fourth-order valence-corrected chi connectivity index (χ4v) is 1.83. The summed E-state index contributed by atoms with van der Waals surface area (Å²) in [4.78, 5) is 11.2. The van der Waals surface area contributed by atoms with Gasteiger partial charge in [0.15, 0.2) is 5.82 Å². The van der Waals surface area contributed by atoms with Gasteiger partial charge >= 0.3 is 0 Å². The third kappa shape index (κ3) is 2.20. The number of hydrogen-bond acceptors (Lipinski definition) is 5. The lowest BCUT2D eigenvalue weighted by molar-refractivity contribution is -0.385. The van der Waals surface area contributed by atoms with Gasteiger partial charge in [0.25, 0.3) is 5.69 Å². The number of nitro benzene ring substituents is 1. The van der Waals surface area contributed by atoms with Crippen molar-refractivity contribution in [3.05, 3.63) is 34.1 Å². The highest BCUT2D eigenvalue weighted by Crippen LogP contribution is 2.27. The zero-order valence-corrected chi connectivity index (χ0v) is 8.78. The molecule has 0 spiro atoms. The zero-order chi connectivity index (χ0) is 12.6. The van der Waals surface area contributed by atoms with Crippen LogP contribution in [0.25, 0.3) is 0 Å². The highest BCUT2D eigenvalue weighted by molar-refractivity contribution is 5.53. The smallest absolute Gasteiger partial charge is 0.272 e. The van der Waals surface area contributed by atoms with Crippen LogP contribution in [-0.2, 0) is 0 Å². The maximum absolute atomic E-state index is 13.6. The van der Waals surface area contributed by atoms with Gasteiger partial charge in [-0.2, -0.15) is 0 Å². The second-order valence-electron chi connectivity index (χ2n) is 3.93. The van der Waals surface area contributed by atoms with Crippen LogP contribution in [0.3, 0.4) is 0 Å². The molecule has 92 valence electrons. The molecule has 0 amide bonds.